The van der Waals surface area contributed by atoms with Crippen LogP contribution in [-0.4, -0.2) is 72.6 Å². The SMILES string of the molecule is CNC(=O)c1ccc(C)c(Cc2nc(OC3CCN(C)CC3)nc(N(C)CC(C)(C)C)c2[N+](=O)[O-])c1. The maximum Gasteiger partial charge on any atom is 0.333 e. The highest BCUT2D eigenvalue weighted by molar-refractivity contribution is 5.94. The Morgan fingerprint density at radius 3 is 2.53 bits per heavy atom. The molecule has 0 bridgehead atoms. The molecule has 1 aromatic heterocycles. The molecule has 1 saturated heterocycles. The Bertz CT molecular complexity index is 1110. The summed E-state index contributed by atoms with van der Waals surface area (Å²) in [5, 5.41) is 15.0. The molecule has 0 aliphatic carbocycles. The van der Waals surface area contributed by atoms with Gasteiger partial charge in [0, 0.05) is 45.7 Å². The lowest BCUT2D eigenvalue weighted by Crippen LogP contribution is -2.36. The molecule has 0 saturated carbocycles. The van der Waals surface area contributed by atoms with Crippen molar-refractivity contribution >= 4 is 17.4 Å². The monoisotopic (exact) mass is 498 g/mol. The Labute approximate surface area is 213 Å². The number of anilines is 1. The fourth-order valence-corrected chi connectivity index (χ4v) is 4.46. The van der Waals surface area contributed by atoms with Gasteiger partial charge < -0.3 is 19.9 Å². The van der Waals surface area contributed by atoms with E-state index in [1.54, 1.807) is 31.1 Å². The van der Waals surface area contributed by atoms with Gasteiger partial charge in [0.2, 0.25) is 5.82 Å². The van der Waals surface area contributed by atoms with E-state index in [1.165, 1.54) is 0 Å². The molecule has 0 atom stereocenters. The molecular formula is C26H38N6O4. The third-order valence-electron chi connectivity index (χ3n) is 6.31. The first-order chi connectivity index (χ1) is 16.9. The lowest BCUT2D eigenvalue weighted by atomic mass is 9.96. The van der Waals surface area contributed by atoms with E-state index in [1.807, 2.05) is 13.0 Å². The van der Waals surface area contributed by atoms with Gasteiger partial charge in [-0.3, -0.25) is 14.9 Å². The van der Waals surface area contributed by atoms with Crippen molar-refractivity contribution in [2.45, 2.75) is 53.1 Å². The summed E-state index contributed by atoms with van der Waals surface area (Å²) < 4.78 is 6.19. The van der Waals surface area contributed by atoms with Crippen LogP contribution in [0.2, 0.25) is 0 Å². The van der Waals surface area contributed by atoms with Gasteiger partial charge in [0.15, 0.2) is 0 Å². The molecule has 1 fully saturated rings. The van der Waals surface area contributed by atoms with Crippen LogP contribution in [0.3, 0.4) is 0 Å². The van der Waals surface area contributed by atoms with Crippen LogP contribution in [0.1, 0.15) is 60.8 Å². The molecule has 0 unspecified atom stereocenters. The summed E-state index contributed by atoms with van der Waals surface area (Å²) in [6, 6.07) is 5.50. The van der Waals surface area contributed by atoms with Crippen molar-refractivity contribution in [2.75, 3.05) is 45.7 Å². The highest BCUT2D eigenvalue weighted by atomic mass is 16.6. The van der Waals surface area contributed by atoms with E-state index >= 15 is 0 Å². The van der Waals surface area contributed by atoms with Gasteiger partial charge >= 0.3 is 11.7 Å². The number of piperidine rings is 1. The molecule has 1 aromatic carbocycles. The molecule has 1 aliphatic heterocycles. The molecule has 1 aliphatic rings. The molecule has 2 aromatic rings. The first-order valence-corrected chi connectivity index (χ1v) is 12.3. The normalized spacial score (nSPS) is 15.0. The quantitative estimate of drug-likeness (QED) is 0.434. The number of hydrogen-bond acceptors (Lipinski definition) is 8. The van der Waals surface area contributed by atoms with Gasteiger partial charge in [0.1, 0.15) is 11.8 Å². The number of nitro groups is 1. The van der Waals surface area contributed by atoms with Gasteiger partial charge in [-0.05, 0) is 55.5 Å². The van der Waals surface area contributed by atoms with Crippen LogP contribution in [0.4, 0.5) is 11.5 Å². The van der Waals surface area contributed by atoms with Crippen molar-refractivity contribution in [1.82, 2.24) is 20.2 Å². The van der Waals surface area contributed by atoms with Gasteiger partial charge in [0.05, 0.1) is 4.92 Å². The predicted octanol–water partition coefficient (Wildman–Crippen LogP) is 3.60. The minimum atomic E-state index is -0.416. The second-order valence-corrected chi connectivity index (χ2v) is 10.8. The molecule has 0 radical (unpaired) electrons. The fourth-order valence-electron chi connectivity index (χ4n) is 4.46. The molecule has 10 nitrogen and oxygen atoms in total. The van der Waals surface area contributed by atoms with Crippen LogP contribution in [0, 0.1) is 22.5 Å². The molecule has 196 valence electrons. The number of ether oxygens (including phenoxy) is 1. The topological polar surface area (TPSA) is 114 Å². The van der Waals surface area contributed by atoms with Gasteiger partial charge in [-0.15, -0.1) is 0 Å². The van der Waals surface area contributed by atoms with Crippen LogP contribution >= 0.6 is 0 Å². The van der Waals surface area contributed by atoms with Crippen molar-refractivity contribution in [2.24, 2.45) is 5.41 Å². The third-order valence-corrected chi connectivity index (χ3v) is 6.31. The second-order valence-electron chi connectivity index (χ2n) is 10.8. The van der Waals surface area contributed by atoms with Crippen LogP contribution < -0.4 is 15.0 Å². The Kier molecular flexibility index (Phi) is 8.50. The molecule has 0 spiro atoms. The lowest BCUT2D eigenvalue weighted by molar-refractivity contribution is -0.385. The summed E-state index contributed by atoms with van der Waals surface area (Å²) in [5.74, 6) is 0.0216. The van der Waals surface area contributed by atoms with E-state index < -0.39 is 4.92 Å². The number of nitrogens with one attached hydrogen (secondary N) is 1. The van der Waals surface area contributed by atoms with Gasteiger partial charge in [-0.2, -0.15) is 9.97 Å². The number of amides is 1. The van der Waals surface area contributed by atoms with Gasteiger partial charge in [-0.25, -0.2) is 0 Å². The van der Waals surface area contributed by atoms with Crippen molar-refractivity contribution in [3.8, 4) is 6.01 Å². The summed E-state index contributed by atoms with van der Waals surface area (Å²) in [7, 11) is 5.45. The number of nitrogens with zero attached hydrogens (tertiary/aromatic N) is 5. The smallest absolute Gasteiger partial charge is 0.333 e. The standard InChI is InChI=1S/C26H38N6O4/c1-17-8-9-18(24(33)27-5)14-19(17)15-21-22(32(34)35)23(31(7)16-26(2,3)4)29-25(28-21)36-20-10-12-30(6)13-11-20/h8-9,14,20H,10-13,15-16H2,1-7H3,(H,27,33). The maximum atomic E-state index is 12.3. The van der Waals surface area contributed by atoms with Crippen LogP contribution in [0.25, 0.3) is 0 Å². The third kappa shape index (κ3) is 6.90. The highest BCUT2D eigenvalue weighted by Crippen LogP contribution is 2.34. The number of carbonyl (C=O) groups excluding carboxylic acids is 1. The van der Waals surface area contributed by atoms with E-state index in [9.17, 15) is 14.9 Å². The van der Waals surface area contributed by atoms with Crippen molar-refractivity contribution < 1.29 is 14.5 Å². The summed E-state index contributed by atoms with van der Waals surface area (Å²) in [5.41, 5.74) is 2.21. The van der Waals surface area contributed by atoms with Crippen molar-refractivity contribution in [1.29, 1.82) is 0 Å². The second kappa shape index (κ2) is 11.2. The van der Waals surface area contributed by atoms with E-state index in [0.717, 1.165) is 37.1 Å². The average Bonchev–Trinajstić information content (AvgIpc) is 2.79. The molecule has 1 N–H and O–H groups in total. The zero-order valence-electron chi connectivity index (χ0n) is 22.4. The largest absolute Gasteiger partial charge is 0.460 e. The Morgan fingerprint density at radius 1 is 1.28 bits per heavy atom. The van der Waals surface area contributed by atoms with Crippen molar-refractivity contribution in [3.63, 3.8) is 0 Å². The maximum absolute atomic E-state index is 12.3. The predicted molar refractivity (Wildman–Crippen MR) is 140 cm³/mol. The summed E-state index contributed by atoms with van der Waals surface area (Å²) in [4.78, 5) is 37.3. The lowest BCUT2D eigenvalue weighted by Gasteiger charge is -2.30. The number of aromatic nitrogens is 2. The van der Waals surface area contributed by atoms with Gasteiger partial charge in [0.25, 0.3) is 5.91 Å². The zero-order valence-corrected chi connectivity index (χ0v) is 22.4. The number of likely N-dealkylation sites (tertiary alicyclic amines) is 1. The number of hydrogen-bond donors (Lipinski definition) is 1. The Morgan fingerprint density at radius 2 is 1.94 bits per heavy atom. The first-order valence-electron chi connectivity index (χ1n) is 12.3. The number of aryl methyl sites for hydroxylation is 1. The minimum absolute atomic E-state index is 0.0467. The first kappa shape index (κ1) is 27.3. The van der Waals surface area contributed by atoms with E-state index in [2.05, 4.69) is 48.0 Å². The highest BCUT2D eigenvalue weighted by Gasteiger charge is 2.31. The number of benzene rings is 1. The van der Waals surface area contributed by atoms with Gasteiger partial charge in [-0.1, -0.05) is 26.8 Å². The summed E-state index contributed by atoms with van der Waals surface area (Å²) in [6.45, 7) is 10.5. The molecule has 3 rings (SSSR count). The van der Waals surface area contributed by atoms with Crippen molar-refractivity contribution in [3.05, 3.63) is 50.7 Å². The van der Waals surface area contributed by atoms with E-state index in [0.29, 0.717) is 12.1 Å². The van der Waals surface area contributed by atoms with Crippen LogP contribution in [0.15, 0.2) is 18.2 Å². The Hall–Kier alpha value is -3.27. The van der Waals surface area contributed by atoms with Crippen LogP contribution in [-0.2, 0) is 6.42 Å². The Balaban J connectivity index is 2.08. The van der Waals surface area contributed by atoms with Crippen LogP contribution in [0.5, 0.6) is 6.01 Å². The summed E-state index contributed by atoms with van der Waals surface area (Å²) >= 11 is 0. The summed E-state index contributed by atoms with van der Waals surface area (Å²) in [6.07, 6.45) is 1.81. The molecular weight excluding hydrogens is 460 g/mol. The molecule has 2 heterocycles. The fraction of sp³-hybridized carbons (Fsp3) is 0.577. The molecule has 36 heavy (non-hydrogen) atoms. The minimum Gasteiger partial charge on any atom is -0.460 e. The molecule has 10 heteroatoms. The zero-order chi connectivity index (χ0) is 26.6. The van der Waals surface area contributed by atoms with E-state index in [4.69, 9.17) is 4.74 Å². The number of carbonyl (C=O) groups is 1. The molecule has 1 amide bonds. The van der Waals surface area contributed by atoms with E-state index in [-0.39, 0.29) is 47.1 Å². The average molecular weight is 499 g/mol. The number of rotatable bonds is 8.